The second-order valence-electron chi connectivity index (χ2n) is 10.4. The van der Waals surface area contributed by atoms with Gasteiger partial charge in [0.2, 0.25) is 5.91 Å². The molecule has 1 aromatic carbocycles. The zero-order valence-corrected chi connectivity index (χ0v) is 20.4. The van der Waals surface area contributed by atoms with E-state index in [1.807, 2.05) is 42.1 Å². The van der Waals surface area contributed by atoms with E-state index in [1.165, 1.54) is 50.3 Å². The van der Waals surface area contributed by atoms with E-state index in [9.17, 15) is 9.59 Å². The summed E-state index contributed by atoms with van der Waals surface area (Å²) in [5.74, 6) is 2.83. The van der Waals surface area contributed by atoms with Gasteiger partial charge in [-0.3, -0.25) is 9.59 Å². The lowest BCUT2D eigenvalue weighted by molar-refractivity contribution is -0.113. The van der Waals surface area contributed by atoms with Crippen LogP contribution < -0.4 is 10.6 Å². The van der Waals surface area contributed by atoms with Crippen molar-refractivity contribution in [2.45, 2.75) is 63.1 Å². The van der Waals surface area contributed by atoms with Crippen molar-refractivity contribution in [3.8, 4) is 0 Å². The Morgan fingerprint density at radius 3 is 2.30 bits per heavy atom. The van der Waals surface area contributed by atoms with Crippen LogP contribution in [0.3, 0.4) is 0 Å². The first-order valence-corrected chi connectivity index (χ1v) is 13.2. The molecule has 2 amide bonds. The first-order valence-electron chi connectivity index (χ1n) is 12.2. The van der Waals surface area contributed by atoms with Gasteiger partial charge < -0.3 is 15.2 Å². The molecule has 6 nitrogen and oxygen atoms in total. The van der Waals surface area contributed by atoms with Gasteiger partial charge in [0.25, 0.3) is 5.91 Å². The van der Waals surface area contributed by atoms with E-state index in [4.69, 9.17) is 0 Å². The largest absolute Gasteiger partial charge is 0.349 e. The molecule has 1 heterocycles. The van der Waals surface area contributed by atoms with E-state index >= 15 is 0 Å². The Morgan fingerprint density at radius 2 is 1.76 bits per heavy atom. The van der Waals surface area contributed by atoms with Gasteiger partial charge in [0, 0.05) is 36.7 Å². The Kier molecular flexibility index (Phi) is 6.25. The van der Waals surface area contributed by atoms with Gasteiger partial charge in [-0.1, -0.05) is 18.7 Å². The number of anilines is 1. The molecule has 1 atom stereocenters. The highest BCUT2D eigenvalue weighted by molar-refractivity contribution is 7.99. The third-order valence-electron chi connectivity index (χ3n) is 8.08. The third kappa shape index (κ3) is 4.70. The summed E-state index contributed by atoms with van der Waals surface area (Å²) in [4.78, 5) is 29.6. The van der Waals surface area contributed by atoms with Crippen LogP contribution in [0.4, 0.5) is 5.69 Å². The van der Waals surface area contributed by atoms with Gasteiger partial charge >= 0.3 is 0 Å². The summed E-state index contributed by atoms with van der Waals surface area (Å²) in [6.45, 7) is 2.21. The van der Waals surface area contributed by atoms with Gasteiger partial charge in [0.1, 0.15) is 0 Å². The fourth-order valence-electron chi connectivity index (χ4n) is 7.06. The standard InChI is InChI=1S/C26H34N4O2S/c1-3-22(26-13-17-10-18(14-26)12-19(11-17)15-26)29-24(32)20-4-6-21(7-5-20)28-23(31)16-33-25-27-8-9-30(25)2/h4-9,17-19,22H,3,10-16H2,1-2H3,(H,28,31)(H,29,32). The Morgan fingerprint density at radius 1 is 1.12 bits per heavy atom. The Balaban J connectivity index is 1.17. The molecule has 0 spiro atoms. The van der Waals surface area contributed by atoms with Crippen molar-refractivity contribution in [2.24, 2.45) is 30.2 Å². The first kappa shape index (κ1) is 22.5. The molecule has 1 aromatic heterocycles. The maximum Gasteiger partial charge on any atom is 0.251 e. The van der Waals surface area contributed by atoms with Gasteiger partial charge in [-0.05, 0) is 92.4 Å². The summed E-state index contributed by atoms with van der Waals surface area (Å²) in [7, 11) is 1.91. The molecule has 2 aromatic rings. The Labute approximate surface area is 200 Å². The van der Waals surface area contributed by atoms with E-state index in [-0.39, 0.29) is 23.6 Å². The van der Waals surface area contributed by atoms with Gasteiger partial charge in [-0.25, -0.2) is 4.98 Å². The number of amides is 2. The van der Waals surface area contributed by atoms with Crippen molar-refractivity contribution in [2.75, 3.05) is 11.1 Å². The Bertz CT molecular complexity index is 980. The van der Waals surface area contributed by atoms with Crippen LogP contribution in [0.1, 0.15) is 62.2 Å². The molecule has 4 fully saturated rings. The minimum Gasteiger partial charge on any atom is -0.349 e. The van der Waals surface area contributed by atoms with Crippen LogP contribution >= 0.6 is 11.8 Å². The van der Waals surface area contributed by atoms with Crippen molar-refractivity contribution < 1.29 is 9.59 Å². The smallest absolute Gasteiger partial charge is 0.251 e. The summed E-state index contributed by atoms with van der Waals surface area (Å²) in [6.07, 6.45) is 12.7. The van der Waals surface area contributed by atoms with Gasteiger partial charge in [0.05, 0.1) is 5.75 Å². The zero-order chi connectivity index (χ0) is 23.0. The number of hydrogen-bond donors (Lipinski definition) is 2. The molecular weight excluding hydrogens is 432 g/mol. The van der Waals surface area contributed by atoms with Crippen molar-refractivity contribution in [3.63, 3.8) is 0 Å². The number of benzene rings is 1. The lowest BCUT2D eigenvalue weighted by atomic mass is 9.47. The molecule has 4 saturated carbocycles. The van der Waals surface area contributed by atoms with Crippen LogP contribution in [0.5, 0.6) is 0 Å². The molecule has 2 N–H and O–H groups in total. The van der Waals surface area contributed by atoms with Gasteiger partial charge in [0.15, 0.2) is 5.16 Å². The molecule has 4 aliphatic rings. The number of carbonyl (C=O) groups excluding carboxylic acids is 2. The number of aryl methyl sites for hydroxylation is 1. The van der Waals surface area contributed by atoms with E-state index in [2.05, 4.69) is 22.5 Å². The van der Waals surface area contributed by atoms with Crippen molar-refractivity contribution in [3.05, 3.63) is 42.2 Å². The second-order valence-corrected chi connectivity index (χ2v) is 11.4. The molecule has 176 valence electrons. The predicted molar refractivity (Wildman–Crippen MR) is 131 cm³/mol. The molecule has 0 radical (unpaired) electrons. The number of aromatic nitrogens is 2. The van der Waals surface area contributed by atoms with E-state index in [1.54, 1.807) is 6.20 Å². The molecule has 0 saturated heterocycles. The fourth-order valence-corrected chi connectivity index (χ4v) is 7.79. The minimum absolute atomic E-state index is 0.000750. The number of rotatable bonds is 8. The number of thioether (sulfide) groups is 1. The van der Waals surface area contributed by atoms with Crippen molar-refractivity contribution in [1.82, 2.24) is 14.9 Å². The molecule has 4 aliphatic carbocycles. The SMILES string of the molecule is CCC(NC(=O)c1ccc(NC(=O)CSc2nccn2C)cc1)C12CC3CC(CC(C3)C1)C2. The van der Waals surface area contributed by atoms with Crippen LogP contribution in [0.15, 0.2) is 41.8 Å². The molecule has 1 unspecified atom stereocenters. The summed E-state index contributed by atoms with van der Waals surface area (Å²) in [6, 6.07) is 7.49. The topological polar surface area (TPSA) is 76.0 Å². The predicted octanol–water partition coefficient (Wildman–Crippen LogP) is 4.88. The summed E-state index contributed by atoms with van der Waals surface area (Å²) < 4.78 is 1.89. The highest BCUT2D eigenvalue weighted by atomic mass is 32.2. The molecule has 0 aliphatic heterocycles. The highest BCUT2D eigenvalue weighted by Gasteiger charge is 2.54. The van der Waals surface area contributed by atoms with E-state index in [0.717, 1.165) is 29.3 Å². The van der Waals surface area contributed by atoms with Crippen LogP contribution in [0, 0.1) is 23.2 Å². The van der Waals surface area contributed by atoms with Crippen LogP contribution in [-0.4, -0.2) is 33.2 Å². The molecular formula is C26H34N4O2S. The summed E-state index contributed by atoms with van der Waals surface area (Å²) in [5, 5.41) is 7.11. The first-order chi connectivity index (χ1) is 15.9. The highest BCUT2D eigenvalue weighted by Crippen LogP contribution is 2.61. The van der Waals surface area contributed by atoms with Crippen molar-refractivity contribution in [1.29, 1.82) is 0 Å². The third-order valence-corrected chi connectivity index (χ3v) is 9.14. The Hall–Kier alpha value is -2.28. The average molecular weight is 467 g/mol. The van der Waals surface area contributed by atoms with E-state index in [0.29, 0.717) is 16.7 Å². The maximum absolute atomic E-state index is 13.1. The number of nitrogens with zero attached hydrogens (tertiary/aromatic N) is 2. The second kappa shape index (κ2) is 9.16. The monoisotopic (exact) mass is 466 g/mol. The molecule has 6 rings (SSSR count). The summed E-state index contributed by atoms with van der Waals surface area (Å²) in [5.41, 5.74) is 1.65. The fraction of sp³-hybridized carbons (Fsp3) is 0.577. The van der Waals surface area contributed by atoms with E-state index < -0.39 is 0 Å². The lowest BCUT2D eigenvalue weighted by Crippen LogP contribution is -2.56. The van der Waals surface area contributed by atoms with Gasteiger partial charge in [-0.15, -0.1) is 0 Å². The van der Waals surface area contributed by atoms with Crippen LogP contribution in [0.2, 0.25) is 0 Å². The van der Waals surface area contributed by atoms with Crippen molar-refractivity contribution >= 4 is 29.3 Å². The number of imidazole rings is 1. The molecule has 33 heavy (non-hydrogen) atoms. The number of nitrogens with one attached hydrogen (secondary N) is 2. The lowest BCUT2D eigenvalue weighted by Gasteiger charge is -2.59. The molecule has 7 heteroatoms. The van der Waals surface area contributed by atoms with Crippen LogP contribution in [0.25, 0.3) is 0 Å². The van der Waals surface area contributed by atoms with Crippen LogP contribution in [-0.2, 0) is 11.8 Å². The quantitative estimate of drug-likeness (QED) is 0.544. The van der Waals surface area contributed by atoms with Gasteiger partial charge in [-0.2, -0.15) is 0 Å². The molecule has 4 bridgehead atoms. The number of carbonyl (C=O) groups is 2. The normalized spacial score (nSPS) is 28.5. The average Bonchev–Trinajstić information content (AvgIpc) is 3.20. The zero-order valence-electron chi connectivity index (χ0n) is 19.5. The number of hydrogen-bond acceptors (Lipinski definition) is 4. The maximum atomic E-state index is 13.1. The minimum atomic E-state index is -0.0898. The summed E-state index contributed by atoms with van der Waals surface area (Å²) >= 11 is 1.40.